The molecule has 78 heavy (non-hydrogen) atoms. The van der Waals surface area contributed by atoms with Gasteiger partial charge in [0.15, 0.2) is 5.60 Å². The van der Waals surface area contributed by atoms with Crippen LogP contribution in [0.5, 0.6) is 0 Å². The zero-order valence-electron chi connectivity index (χ0n) is 43.4. The minimum Gasteiger partial charge on any atom is -0.458 e. The summed E-state index contributed by atoms with van der Waals surface area (Å²) in [5.74, 6) is -3.10. The van der Waals surface area contributed by atoms with E-state index in [4.69, 9.17) is 24.9 Å². The predicted octanol–water partition coefficient (Wildman–Crippen LogP) is 6.88. The van der Waals surface area contributed by atoms with Gasteiger partial charge in [-0.15, -0.1) is 0 Å². The third kappa shape index (κ3) is 9.87. The summed E-state index contributed by atoms with van der Waals surface area (Å²) >= 11 is 0. The van der Waals surface area contributed by atoms with Gasteiger partial charge in [0.1, 0.15) is 37.7 Å². The van der Waals surface area contributed by atoms with E-state index < -0.39 is 77.0 Å². The molecule has 8 N–H and O–H groups in total. The van der Waals surface area contributed by atoms with Crippen LogP contribution in [0, 0.1) is 18.7 Å². The van der Waals surface area contributed by atoms with E-state index in [2.05, 4.69) is 26.6 Å². The maximum Gasteiger partial charge on any atom is 0.407 e. The second-order valence-electron chi connectivity index (χ2n) is 20.5. The molecule has 20 heteroatoms. The van der Waals surface area contributed by atoms with Crippen LogP contribution in [0.1, 0.15) is 108 Å². The molecule has 4 atom stereocenters. The molecule has 10 rings (SSSR count). The van der Waals surface area contributed by atoms with Gasteiger partial charge in [-0.25, -0.2) is 28.6 Å². The SMILES string of the molecule is CCC1(O)C(=O)OCc2c1cc1n(c2=O)Cc2c-1nc1cc(F)c(C)c3c1c2C(NC(=O)OCc1ccc(NC(=O)C(CCCNC(N)=O)NC(=O)C(NC(=O)OCC2c4ccccc4-c4ccccc42)C(C)C)cc1)CC3. The highest BCUT2D eigenvalue weighted by Gasteiger charge is 2.46. The number of cyclic esters (lactones) is 1. The summed E-state index contributed by atoms with van der Waals surface area (Å²) < 4.78 is 33.6. The van der Waals surface area contributed by atoms with E-state index in [1.54, 1.807) is 58.0 Å². The summed E-state index contributed by atoms with van der Waals surface area (Å²) in [5, 5.41) is 25.8. The van der Waals surface area contributed by atoms with E-state index in [0.29, 0.717) is 63.1 Å². The van der Waals surface area contributed by atoms with Gasteiger partial charge < -0.3 is 56.2 Å². The normalized spacial score (nSPS) is 17.3. The number of nitrogens with zero attached hydrogens (tertiary/aromatic N) is 2. The highest BCUT2D eigenvalue weighted by Crippen LogP contribution is 2.47. The second-order valence-corrected chi connectivity index (χ2v) is 20.5. The van der Waals surface area contributed by atoms with Crippen LogP contribution in [0.2, 0.25) is 0 Å². The molecule has 2 aliphatic heterocycles. The number of ether oxygens (including phenoxy) is 3. The first-order chi connectivity index (χ1) is 37.4. The molecule has 4 aliphatic rings. The minimum absolute atomic E-state index is 0.0377. The van der Waals surface area contributed by atoms with Gasteiger partial charge in [-0.05, 0) is 108 Å². The van der Waals surface area contributed by atoms with Crippen LogP contribution in [0.3, 0.4) is 0 Å². The number of carbonyl (C=O) groups excluding carboxylic acids is 6. The van der Waals surface area contributed by atoms with Gasteiger partial charge in [-0.2, -0.15) is 0 Å². The summed E-state index contributed by atoms with van der Waals surface area (Å²) in [6.45, 7) is 6.59. The topological polar surface area (TPSA) is 271 Å². The molecular weight excluding hydrogens is 1000 g/mol. The number of nitrogens with one attached hydrogen (secondary N) is 5. The van der Waals surface area contributed by atoms with E-state index in [9.17, 15) is 38.7 Å². The summed E-state index contributed by atoms with van der Waals surface area (Å²) in [6.07, 6.45) is -0.418. The molecule has 2 aromatic heterocycles. The number of halogens is 1. The van der Waals surface area contributed by atoms with E-state index in [1.165, 1.54) is 10.6 Å². The maximum absolute atomic E-state index is 15.5. The van der Waals surface area contributed by atoms with E-state index in [1.807, 2.05) is 48.5 Å². The van der Waals surface area contributed by atoms with Gasteiger partial charge in [0.05, 0.1) is 35.1 Å². The van der Waals surface area contributed by atoms with E-state index in [-0.39, 0.29) is 69.2 Å². The van der Waals surface area contributed by atoms with Crippen LogP contribution in [0.15, 0.2) is 89.7 Å². The number of amides is 6. The fraction of sp³-hybridized carbons (Fsp3) is 0.345. The molecule has 2 aliphatic carbocycles. The van der Waals surface area contributed by atoms with Gasteiger partial charge in [-0.3, -0.25) is 14.4 Å². The summed E-state index contributed by atoms with van der Waals surface area (Å²) in [5.41, 5.74) is 11.8. The van der Waals surface area contributed by atoms with Crippen molar-refractivity contribution in [3.8, 4) is 22.5 Å². The molecule has 4 aromatic carbocycles. The average Bonchev–Trinajstić information content (AvgIpc) is 4.03. The average molecular weight is 1060 g/mol. The minimum atomic E-state index is -2.04. The summed E-state index contributed by atoms with van der Waals surface area (Å²) in [7, 11) is 0. The Balaban J connectivity index is 0.791. The van der Waals surface area contributed by atoms with E-state index >= 15 is 4.39 Å². The number of hydrogen-bond acceptors (Lipinski definition) is 12. The van der Waals surface area contributed by atoms with Crippen molar-refractivity contribution in [1.29, 1.82) is 0 Å². The molecule has 4 unspecified atom stereocenters. The van der Waals surface area contributed by atoms with Crippen molar-refractivity contribution in [2.75, 3.05) is 18.5 Å². The fourth-order valence-electron chi connectivity index (χ4n) is 11.3. The lowest BCUT2D eigenvalue weighted by molar-refractivity contribution is -0.172. The van der Waals surface area contributed by atoms with Crippen LogP contribution in [0.4, 0.5) is 24.5 Å². The molecule has 19 nitrogen and oxygen atoms in total. The molecule has 0 saturated carbocycles. The van der Waals surface area contributed by atoms with Crippen LogP contribution in [0.25, 0.3) is 33.4 Å². The van der Waals surface area contributed by atoms with Gasteiger partial charge in [0.25, 0.3) is 5.56 Å². The Morgan fingerprint density at radius 1 is 0.910 bits per heavy atom. The number of aryl methyl sites for hydroxylation is 1. The third-order valence-electron chi connectivity index (χ3n) is 15.4. The number of aromatic nitrogens is 2. The van der Waals surface area contributed by atoms with Crippen molar-refractivity contribution in [2.45, 2.75) is 109 Å². The number of nitrogens with two attached hydrogens (primary N) is 1. The summed E-state index contributed by atoms with van der Waals surface area (Å²) in [6, 6.07) is 21.8. The molecule has 6 amide bonds. The quantitative estimate of drug-likeness (QED) is 0.0297. The van der Waals surface area contributed by atoms with Gasteiger partial charge in [-0.1, -0.05) is 81.4 Å². The first kappa shape index (κ1) is 52.8. The number of aliphatic hydroxyl groups is 1. The molecular formula is C58H59FN8O11. The monoisotopic (exact) mass is 1060 g/mol. The number of benzene rings is 4. The lowest BCUT2D eigenvalue weighted by atomic mass is 9.81. The van der Waals surface area contributed by atoms with Gasteiger partial charge >= 0.3 is 24.2 Å². The first-order valence-corrected chi connectivity index (χ1v) is 26.1. The Kier molecular flexibility index (Phi) is 14.5. The number of primary amides is 1. The molecule has 4 heterocycles. The largest absolute Gasteiger partial charge is 0.458 e. The van der Waals surface area contributed by atoms with Crippen molar-refractivity contribution in [3.05, 3.63) is 151 Å². The van der Waals surface area contributed by atoms with Gasteiger partial charge in [0.2, 0.25) is 11.8 Å². The smallest absolute Gasteiger partial charge is 0.407 e. The Morgan fingerprint density at radius 2 is 1.62 bits per heavy atom. The highest BCUT2D eigenvalue weighted by molar-refractivity contribution is 5.98. The molecule has 0 bridgehead atoms. The molecule has 0 saturated heterocycles. The van der Waals surface area contributed by atoms with Crippen molar-refractivity contribution in [1.82, 2.24) is 30.8 Å². The zero-order chi connectivity index (χ0) is 55.2. The molecule has 404 valence electrons. The number of hydrogen-bond donors (Lipinski definition) is 7. The molecule has 0 radical (unpaired) electrons. The van der Waals surface area contributed by atoms with Crippen molar-refractivity contribution < 1.29 is 52.5 Å². The number of urea groups is 1. The van der Waals surface area contributed by atoms with Crippen LogP contribution >= 0.6 is 0 Å². The summed E-state index contributed by atoms with van der Waals surface area (Å²) in [4.78, 5) is 97.8. The molecule has 0 spiro atoms. The first-order valence-electron chi connectivity index (χ1n) is 26.1. The predicted molar refractivity (Wildman–Crippen MR) is 284 cm³/mol. The van der Waals surface area contributed by atoms with Crippen molar-refractivity contribution >= 4 is 52.6 Å². The number of esters is 1. The zero-order valence-corrected chi connectivity index (χ0v) is 43.4. The van der Waals surface area contributed by atoms with Crippen LogP contribution in [-0.2, 0) is 60.4 Å². The van der Waals surface area contributed by atoms with Crippen LogP contribution in [-0.4, -0.2) is 75.9 Å². The highest BCUT2D eigenvalue weighted by atomic mass is 19.1. The maximum atomic E-state index is 15.5. The number of fused-ring (bicyclic) bond motifs is 8. The third-order valence-corrected chi connectivity index (χ3v) is 15.4. The number of pyridine rings is 2. The Morgan fingerprint density at radius 3 is 2.29 bits per heavy atom. The van der Waals surface area contributed by atoms with Crippen molar-refractivity contribution in [2.24, 2.45) is 11.7 Å². The second kappa shape index (κ2) is 21.4. The Hall–Kier alpha value is -8.65. The number of rotatable bonds is 16. The Bertz CT molecular complexity index is 3460. The fourth-order valence-corrected chi connectivity index (χ4v) is 11.3. The number of anilines is 1. The molecule has 6 aromatic rings. The number of carbonyl (C=O) groups is 6. The number of alkyl carbamates (subject to hydrolysis) is 2. The van der Waals surface area contributed by atoms with Crippen LogP contribution < -0.4 is 37.9 Å². The lowest BCUT2D eigenvalue weighted by Gasteiger charge is -2.31. The standard InChI is InChI=1S/C58H59FN8O11/c1-5-58(75)41-23-46-50-38(25-67(46)53(70)40(41)28-76-54(58)71)48-43(21-20-33-30(4)42(59)24-45(63-50)47(33)48)65-56(73)77-26-31-16-18-32(19-17-31)62-51(68)44(15-10-22-61-55(60)72)64-52(69)49(29(2)3)66-57(74)78-27-39-36-13-8-6-11-34(36)35-12-7-9-14-37(35)39/h6-9,11-14,16-19,23-24,29,39,43-44,49,75H,5,10,15,20-22,25-28H2,1-4H3,(H,62,68)(H,64,69)(H,65,73)(H,66,74)(H3,60,61,72). The van der Waals surface area contributed by atoms with E-state index in [0.717, 1.165) is 27.8 Å². The molecule has 0 fully saturated rings. The Labute approximate surface area is 447 Å². The lowest BCUT2D eigenvalue weighted by Crippen LogP contribution is -2.54. The van der Waals surface area contributed by atoms with Gasteiger partial charge in [0, 0.05) is 40.7 Å². The van der Waals surface area contributed by atoms with Crippen molar-refractivity contribution in [3.63, 3.8) is 0 Å².